The van der Waals surface area contributed by atoms with Gasteiger partial charge in [-0.25, -0.2) is 4.79 Å². The maximum Gasteiger partial charge on any atom is 0.330 e. The first kappa shape index (κ1) is 27.9. The lowest BCUT2D eigenvalue weighted by Gasteiger charge is -2.29. The van der Waals surface area contributed by atoms with Crippen LogP contribution in [0.15, 0.2) is 73.3 Å². The molecule has 3 heteroatoms. The molecule has 1 aliphatic carbocycles. The highest BCUT2D eigenvalue weighted by molar-refractivity contribution is 5.81. The minimum Gasteiger partial charge on any atom is -0.458 e. The summed E-state index contributed by atoms with van der Waals surface area (Å²) in [4.78, 5) is 11.7. The van der Waals surface area contributed by atoms with E-state index in [0.717, 1.165) is 33.7 Å². The fourth-order valence-electron chi connectivity index (χ4n) is 5.90. The lowest BCUT2D eigenvalue weighted by Crippen LogP contribution is -2.13. The van der Waals surface area contributed by atoms with E-state index in [-0.39, 0.29) is 13.2 Å². The Balaban J connectivity index is 1.46. The molecule has 38 heavy (non-hydrogen) atoms. The third-order valence-electron chi connectivity index (χ3n) is 8.18. The van der Waals surface area contributed by atoms with Gasteiger partial charge in [0.1, 0.15) is 6.61 Å². The highest BCUT2D eigenvalue weighted by Gasteiger charge is 2.22. The third-order valence-corrected chi connectivity index (χ3v) is 8.18. The van der Waals surface area contributed by atoms with Crippen LogP contribution >= 0.6 is 0 Å². The molecule has 0 atom stereocenters. The molecule has 0 radical (unpaired) electrons. The Kier molecular flexibility index (Phi) is 9.95. The highest BCUT2D eigenvalue weighted by Crippen LogP contribution is 2.38. The average Bonchev–Trinajstić information content (AvgIpc) is 2.96. The van der Waals surface area contributed by atoms with Crippen LogP contribution in [-0.4, -0.2) is 11.1 Å². The van der Waals surface area contributed by atoms with Crippen molar-refractivity contribution in [3.05, 3.63) is 95.6 Å². The fourth-order valence-corrected chi connectivity index (χ4v) is 5.90. The third kappa shape index (κ3) is 7.02. The summed E-state index contributed by atoms with van der Waals surface area (Å²) in [5.74, 6) is 1.18. The Morgan fingerprint density at radius 3 is 2.32 bits per heavy atom. The molecule has 0 bridgehead atoms. The van der Waals surface area contributed by atoms with Crippen molar-refractivity contribution in [2.75, 3.05) is 0 Å². The standard InChI is InChI=1S/C35H42O3/c1-4-6-7-8-26-9-12-28(13-10-26)29-14-16-30(17-15-29)31-18-20-33(25(3)21-31)34-19-11-27(23-36)22-32(34)24-38-35(37)5-2/h5,11,14-22,26,28,36H,2,4,6-10,12-13,23-24H2,1,3H3. The first-order valence-electron chi connectivity index (χ1n) is 14.3. The van der Waals surface area contributed by atoms with Crippen molar-refractivity contribution < 1.29 is 14.6 Å². The maximum atomic E-state index is 11.7. The van der Waals surface area contributed by atoms with E-state index in [1.165, 1.54) is 74.1 Å². The molecule has 0 heterocycles. The minimum absolute atomic E-state index is 0.0585. The van der Waals surface area contributed by atoms with Crippen LogP contribution in [0.5, 0.6) is 0 Å². The number of hydrogen-bond donors (Lipinski definition) is 1. The van der Waals surface area contributed by atoms with E-state index in [1.807, 2.05) is 18.2 Å². The van der Waals surface area contributed by atoms with Gasteiger partial charge in [-0.15, -0.1) is 0 Å². The van der Waals surface area contributed by atoms with Crippen molar-refractivity contribution in [3.63, 3.8) is 0 Å². The van der Waals surface area contributed by atoms with E-state index in [4.69, 9.17) is 4.74 Å². The Labute approximate surface area is 228 Å². The second-order valence-electron chi connectivity index (χ2n) is 10.8. The molecule has 0 aromatic heterocycles. The number of hydrogen-bond acceptors (Lipinski definition) is 3. The van der Waals surface area contributed by atoms with E-state index in [0.29, 0.717) is 5.92 Å². The Bertz CT molecular complexity index is 1220. The zero-order valence-corrected chi connectivity index (χ0v) is 23.0. The average molecular weight is 511 g/mol. The van der Waals surface area contributed by atoms with Gasteiger partial charge in [-0.1, -0.05) is 93.8 Å². The van der Waals surface area contributed by atoms with Crippen LogP contribution in [0.3, 0.4) is 0 Å². The summed E-state index contributed by atoms with van der Waals surface area (Å²) in [6.45, 7) is 7.95. The van der Waals surface area contributed by atoms with Crippen molar-refractivity contribution in [1.82, 2.24) is 0 Å². The molecule has 1 fully saturated rings. The summed E-state index contributed by atoms with van der Waals surface area (Å²) in [5, 5.41) is 9.59. The van der Waals surface area contributed by atoms with Crippen LogP contribution in [0.4, 0.5) is 0 Å². The molecule has 1 saturated carbocycles. The summed E-state index contributed by atoms with van der Waals surface area (Å²) in [6, 6.07) is 21.6. The van der Waals surface area contributed by atoms with Crippen molar-refractivity contribution >= 4 is 5.97 Å². The molecule has 0 aliphatic heterocycles. The molecular formula is C35H42O3. The van der Waals surface area contributed by atoms with Crippen molar-refractivity contribution in [1.29, 1.82) is 0 Å². The van der Waals surface area contributed by atoms with E-state index in [2.05, 4.69) is 62.9 Å². The van der Waals surface area contributed by atoms with Gasteiger partial charge in [-0.05, 0) is 95.0 Å². The predicted octanol–water partition coefficient (Wildman–Crippen LogP) is 8.90. The summed E-state index contributed by atoms with van der Waals surface area (Å²) in [6.07, 6.45) is 12.1. The molecular weight excluding hydrogens is 468 g/mol. The van der Waals surface area contributed by atoms with Crippen LogP contribution in [0.1, 0.15) is 86.5 Å². The highest BCUT2D eigenvalue weighted by atomic mass is 16.5. The number of unbranched alkanes of at least 4 members (excludes halogenated alkanes) is 2. The topological polar surface area (TPSA) is 46.5 Å². The number of carbonyl (C=O) groups is 1. The number of ether oxygens (including phenoxy) is 1. The molecule has 3 nitrogen and oxygen atoms in total. The second-order valence-corrected chi connectivity index (χ2v) is 10.8. The van der Waals surface area contributed by atoms with E-state index in [1.54, 1.807) is 0 Å². The summed E-state index contributed by atoms with van der Waals surface area (Å²) in [5.41, 5.74) is 8.82. The molecule has 0 amide bonds. The van der Waals surface area contributed by atoms with Crippen LogP contribution < -0.4 is 0 Å². The summed E-state index contributed by atoms with van der Waals surface area (Å²) < 4.78 is 5.32. The molecule has 200 valence electrons. The Morgan fingerprint density at radius 2 is 1.66 bits per heavy atom. The van der Waals surface area contributed by atoms with Gasteiger partial charge < -0.3 is 9.84 Å². The van der Waals surface area contributed by atoms with Crippen LogP contribution in [0, 0.1) is 12.8 Å². The number of rotatable bonds is 11. The largest absolute Gasteiger partial charge is 0.458 e. The van der Waals surface area contributed by atoms with Crippen LogP contribution in [0.25, 0.3) is 22.3 Å². The number of carbonyl (C=O) groups excluding carboxylic acids is 1. The molecule has 0 spiro atoms. The quantitative estimate of drug-likeness (QED) is 0.159. The monoisotopic (exact) mass is 510 g/mol. The summed E-state index contributed by atoms with van der Waals surface area (Å²) >= 11 is 0. The lowest BCUT2D eigenvalue weighted by atomic mass is 9.77. The van der Waals surface area contributed by atoms with E-state index >= 15 is 0 Å². The van der Waals surface area contributed by atoms with Gasteiger partial charge in [0.15, 0.2) is 0 Å². The van der Waals surface area contributed by atoms with Gasteiger partial charge in [0.2, 0.25) is 0 Å². The zero-order valence-electron chi connectivity index (χ0n) is 23.0. The maximum absolute atomic E-state index is 11.7. The van der Waals surface area contributed by atoms with Crippen LogP contribution in [0.2, 0.25) is 0 Å². The fraction of sp³-hybridized carbons (Fsp3) is 0.400. The first-order chi connectivity index (χ1) is 18.5. The number of aliphatic hydroxyl groups excluding tert-OH is 1. The molecule has 3 aromatic carbocycles. The normalized spacial score (nSPS) is 17.2. The smallest absolute Gasteiger partial charge is 0.330 e. The Morgan fingerprint density at radius 1 is 0.947 bits per heavy atom. The zero-order chi connectivity index (χ0) is 26.9. The minimum atomic E-state index is -0.458. The van der Waals surface area contributed by atoms with E-state index in [9.17, 15) is 9.90 Å². The van der Waals surface area contributed by atoms with Crippen molar-refractivity contribution in [2.24, 2.45) is 5.92 Å². The number of benzene rings is 3. The number of esters is 1. The van der Waals surface area contributed by atoms with Gasteiger partial charge in [-0.2, -0.15) is 0 Å². The number of aryl methyl sites for hydroxylation is 1. The van der Waals surface area contributed by atoms with Gasteiger partial charge in [0, 0.05) is 6.08 Å². The number of aliphatic hydroxyl groups is 1. The second kappa shape index (κ2) is 13.6. The lowest BCUT2D eigenvalue weighted by molar-refractivity contribution is -0.138. The molecule has 3 aromatic rings. The molecule has 1 aliphatic rings. The van der Waals surface area contributed by atoms with Gasteiger partial charge in [0.25, 0.3) is 0 Å². The van der Waals surface area contributed by atoms with Crippen LogP contribution in [-0.2, 0) is 22.7 Å². The van der Waals surface area contributed by atoms with Gasteiger partial charge in [0.05, 0.1) is 6.61 Å². The predicted molar refractivity (Wildman–Crippen MR) is 157 cm³/mol. The van der Waals surface area contributed by atoms with Crippen molar-refractivity contribution in [3.8, 4) is 22.3 Å². The first-order valence-corrected chi connectivity index (χ1v) is 14.3. The van der Waals surface area contributed by atoms with E-state index < -0.39 is 5.97 Å². The van der Waals surface area contributed by atoms with Crippen molar-refractivity contribution in [2.45, 2.75) is 84.3 Å². The molecule has 4 rings (SSSR count). The Hall–Kier alpha value is -3.17. The molecule has 0 unspecified atom stereocenters. The molecule has 0 saturated heterocycles. The summed E-state index contributed by atoms with van der Waals surface area (Å²) in [7, 11) is 0. The SMILES string of the molecule is C=CC(=O)OCc1cc(CO)ccc1-c1ccc(-c2ccc(C3CCC(CCCCC)CC3)cc2)cc1C. The molecule has 1 N–H and O–H groups in total. The van der Waals surface area contributed by atoms with Gasteiger partial charge >= 0.3 is 5.97 Å². The van der Waals surface area contributed by atoms with Gasteiger partial charge in [-0.3, -0.25) is 0 Å².